The van der Waals surface area contributed by atoms with E-state index in [2.05, 4.69) is 52.6 Å². The summed E-state index contributed by atoms with van der Waals surface area (Å²) in [5.74, 6) is 0. The van der Waals surface area contributed by atoms with Crippen molar-refractivity contribution in [3.8, 4) is 0 Å². The van der Waals surface area contributed by atoms with Crippen molar-refractivity contribution in [1.29, 1.82) is 0 Å². The van der Waals surface area contributed by atoms with Gasteiger partial charge in [-0.1, -0.05) is 48.6 Å². The average Bonchev–Trinajstić information content (AvgIpc) is 2.89. The van der Waals surface area contributed by atoms with Crippen molar-refractivity contribution >= 4 is 0 Å². The molecule has 0 aromatic rings. The average molecular weight is 934 g/mol. The quantitative estimate of drug-likeness (QED) is 0.131. The minimum atomic E-state index is -0.694. The van der Waals surface area contributed by atoms with E-state index >= 15 is 0 Å². The molecule has 10 heteroatoms. The molecule has 0 spiro atoms. The Balaban J connectivity index is -0.0000000347. The standard InChI is InChI=1S/2C5H10O.4C4H8O.2C3H6O.2Hf/c2*1-4-5(2,3)6;4*1-3-4(2)5;2*1-2-3-4;;/h2*4,6H,1H2,2-3H3;4*3-5H,1H2,2H3;2*2,4H,1,3H2;;. The molecule has 0 amide bonds. The van der Waals surface area contributed by atoms with Gasteiger partial charge < -0.3 is 40.9 Å². The summed E-state index contributed by atoms with van der Waals surface area (Å²) in [6, 6.07) is 0. The molecular weight excluding hydrogens is 869 g/mol. The SMILES string of the molecule is C=CC(C)(C)O.C=CC(C)(C)O.C=CC(C)O.C=CC(C)O.C=CC(C)O.C=CC(C)O.C=CCO.C=CCO.[Hf].[Hf]. The van der Waals surface area contributed by atoms with Crippen LogP contribution in [0.1, 0.15) is 55.4 Å². The van der Waals surface area contributed by atoms with Crippen molar-refractivity contribution in [3.63, 3.8) is 0 Å². The molecule has 0 aliphatic heterocycles. The van der Waals surface area contributed by atoms with Gasteiger partial charge in [0.2, 0.25) is 0 Å². The van der Waals surface area contributed by atoms with Gasteiger partial charge in [0.05, 0.1) is 48.8 Å². The van der Waals surface area contributed by atoms with Gasteiger partial charge in [-0.3, -0.25) is 0 Å². The Morgan fingerprint density at radius 2 is 0.548 bits per heavy atom. The van der Waals surface area contributed by atoms with Crippen LogP contribution in [0.15, 0.2) is 101 Å². The van der Waals surface area contributed by atoms with E-state index in [0.29, 0.717) is 0 Å². The van der Waals surface area contributed by atoms with Crippen LogP contribution in [0.3, 0.4) is 0 Å². The zero-order chi connectivity index (χ0) is 34.4. The summed E-state index contributed by atoms with van der Waals surface area (Å²) in [5, 5.41) is 65.9. The molecule has 0 saturated heterocycles. The molecule has 0 radical (unpaired) electrons. The minimum absolute atomic E-state index is 0. The first kappa shape index (κ1) is 68.5. The van der Waals surface area contributed by atoms with Crippen LogP contribution in [-0.4, -0.2) is 89.7 Å². The second-order valence-corrected chi connectivity index (χ2v) is 8.56. The van der Waals surface area contributed by atoms with Gasteiger partial charge in [0, 0.05) is 51.7 Å². The van der Waals surface area contributed by atoms with E-state index in [1.54, 1.807) is 55.4 Å². The molecule has 8 nitrogen and oxygen atoms in total. The summed E-state index contributed by atoms with van der Waals surface area (Å²) in [6.45, 7) is 40.0. The normalized spacial score (nSPS) is 11.0. The van der Waals surface area contributed by atoms with Crippen LogP contribution in [0, 0.1) is 0 Å². The van der Waals surface area contributed by atoms with Crippen LogP contribution < -0.4 is 0 Å². The fourth-order valence-electron chi connectivity index (χ4n) is 0. The van der Waals surface area contributed by atoms with Gasteiger partial charge in [-0.05, 0) is 55.4 Å². The summed E-state index contributed by atoms with van der Waals surface area (Å²) in [5.41, 5.74) is -1.39. The van der Waals surface area contributed by atoms with E-state index in [1.807, 2.05) is 0 Å². The molecule has 4 unspecified atom stereocenters. The van der Waals surface area contributed by atoms with Crippen LogP contribution in [0.25, 0.3) is 0 Å². The Bertz CT molecular complexity index is 488. The molecular formula is C32H64Hf2O8. The monoisotopic (exact) mass is 936 g/mol. The van der Waals surface area contributed by atoms with Crippen LogP contribution in [-0.2, 0) is 51.7 Å². The zero-order valence-corrected chi connectivity index (χ0v) is 34.8. The first-order valence-electron chi connectivity index (χ1n) is 12.4. The maximum absolute atomic E-state index is 8.71. The van der Waals surface area contributed by atoms with Gasteiger partial charge >= 0.3 is 0 Å². The minimum Gasteiger partial charge on any atom is -0.392 e. The molecule has 0 aromatic heterocycles. The van der Waals surface area contributed by atoms with Gasteiger partial charge in [-0.15, -0.1) is 52.6 Å². The summed E-state index contributed by atoms with van der Waals surface area (Å²) in [4.78, 5) is 0. The molecule has 4 atom stereocenters. The van der Waals surface area contributed by atoms with Gasteiger partial charge in [0.15, 0.2) is 0 Å². The van der Waals surface area contributed by atoms with Crippen LogP contribution >= 0.6 is 0 Å². The smallest absolute Gasteiger partial charge is 0.0769 e. The van der Waals surface area contributed by atoms with Gasteiger partial charge in [0.25, 0.3) is 0 Å². The van der Waals surface area contributed by atoms with Crippen LogP contribution in [0.5, 0.6) is 0 Å². The number of hydrogen-bond acceptors (Lipinski definition) is 8. The second kappa shape index (κ2) is 56.2. The molecule has 0 fully saturated rings. The Morgan fingerprint density at radius 3 is 0.548 bits per heavy atom. The number of aliphatic hydroxyl groups excluding tert-OH is 6. The third kappa shape index (κ3) is 246. The summed E-state index contributed by atoms with van der Waals surface area (Å²) < 4.78 is 0. The summed E-state index contributed by atoms with van der Waals surface area (Å²) in [6.07, 6.45) is 10.3. The van der Waals surface area contributed by atoms with Crippen LogP contribution in [0.4, 0.5) is 0 Å². The fourth-order valence-corrected chi connectivity index (χ4v) is 0. The zero-order valence-electron chi connectivity index (χ0n) is 27.6. The van der Waals surface area contributed by atoms with Gasteiger partial charge in [0.1, 0.15) is 0 Å². The Labute approximate surface area is 296 Å². The second-order valence-electron chi connectivity index (χ2n) is 8.56. The first-order valence-corrected chi connectivity index (χ1v) is 12.4. The largest absolute Gasteiger partial charge is 0.392 e. The van der Waals surface area contributed by atoms with Crippen molar-refractivity contribution in [2.24, 2.45) is 0 Å². The van der Waals surface area contributed by atoms with Crippen molar-refractivity contribution in [2.45, 2.75) is 91.0 Å². The third-order valence-corrected chi connectivity index (χ3v) is 2.62. The molecule has 0 rings (SSSR count). The predicted molar refractivity (Wildman–Crippen MR) is 175 cm³/mol. The predicted octanol–water partition coefficient (Wildman–Crippen LogP) is 4.42. The molecule has 0 heterocycles. The maximum Gasteiger partial charge on any atom is 0.0769 e. The molecule has 248 valence electrons. The van der Waals surface area contributed by atoms with E-state index in [0.717, 1.165) is 0 Å². The van der Waals surface area contributed by atoms with Gasteiger partial charge in [-0.2, -0.15) is 0 Å². The number of hydrogen-bond donors (Lipinski definition) is 8. The molecule has 42 heavy (non-hydrogen) atoms. The van der Waals surface area contributed by atoms with Crippen molar-refractivity contribution < 1.29 is 92.5 Å². The summed E-state index contributed by atoms with van der Waals surface area (Å²) >= 11 is 0. The van der Waals surface area contributed by atoms with E-state index in [4.69, 9.17) is 40.9 Å². The topological polar surface area (TPSA) is 162 Å². The van der Waals surface area contributed by atoms with Crippen molar-refractivity contribution in [3.05, 3.63) is 101 Å². The number of rotatable bonds is 8. The van der Waals surface area contributed by atoms with E-state index in [-0.39, 0.29) is 89.3 Å². The molecule has 0 aliphatic rings. The summed E-state index contributed by atoms with van der Waals surface area (Å²) in [7, 11) is 0. The molecule has 0 aliphatic carbocycles. The maximum atomic E-state index is 8.71. The Hall–Kier alpha value is -0.660. The molecule has 0 bridgehead atoms. The van der Waals surface area contributed by atoms with Gasteiger partial charge in [-0.25, -0.2) is 0 Å². The Kier molecular flexibility index (Phi) is 91.6. The molecule has 0 aromatic carbocycles. The Morgan fingerprint density at radius 1 is 0.476 bits per heavy atom. The third-order valence-electron chi connectivity index (χ3n) is 2.62. The molecule has 0 saturated carbocycles. The van der Waals surface area contributed by atoms with E-state index in [9.17, 15) is 0 Å². The van der Waals surface area contributed by atoms with E-state index in [1.165, 1.54) is 48.6 Å². The van der Waals surface area contributed by atoms with Crippen LogP contribution in [0.2, 0.25) is 0 Å². The fraction of sp³-hybridized carbons (Fsp3) is 0.500. The van der Waals surface area contributed by atoms with E-state index < -0.39 is 11.2 Å². The molecule has 8 N–H and O–H groups in total. The van der Waals surface area contributed by atoms with Crippen molar-refractivity contribution in [2.75, 3.05) is 13.2 Å². The number of aliphatic hydroxyl groups is 8. The first-order chi connectivity index (χ1) is 18.0. The van der Waals surface area contributed by atoms with Crippen molar-refractivity contribution in [1.82, 2.24) is 0 Å².